The van der Waals surface area contributed by atoms with Crippen molar-refractivity contribution >= 4 is 5.91 Å². The molecule has 0 fully saturated rings. The SMILES string of the molecule is CNCc1c(C)nn(CC(=O)NC(C)(C)C)c1C. The summed E-state index contributed by atoms with van der Waals surface area (Å²) in [7, 11) is 1.91. The number of nitrogens with one attached hydrogen (secondary N) is 2. The van der Waals surface area contributed by atoms with E-state index in [9.17, 15) is 4.79 Å². The van der Waals surface area contributed by atoms with E-state index in [1.54, 1.807) is 4.68 Å². The second kappa shape index (κ2) is 5.52. The van der Waals surface area contributed by atoms with Crippen LogP contribution >= 0.6 is 0 Å². The monoisotopic (exact) mass is 252 g/mol. The minimum Gasteiger partial charge on any atom is -0.350 e. The number of rotatable bonds is 4. The van der Waals surface area contributed by atoms with Gasteiger partial charge in [-0.25, -0.2) is 0 Å². The van der Waals surface area contributed by atoms with Crippen molar-refractivity contribution in [1.29, 1.82) is 0 Å². The molecule has 18 heavy (non-hydrogen) atoms. The first-order valence-corrected chi connectivity index (χ1v) is 6.23. The average molecular weight is 252 g/mol. The number of carbonyl (C=O) groups excluding carboxylic acids is 1. The van der Waals surface area contributed by atoms with Gasteiger partial charge in [0.25, 0.3) is 0 Å². The molecule has 0 spiro atoms. The smallest absolute Gasteiger partial charge is 0.242 e. The van der Waals surface area contributed by atoms with Crippen LogP contribution in [0.3, 0.4) is 0 Å². The van der Waals surface area contributed by atoms with Crippen LogP contribution < -0.4 is 10.6 Å². The van der Waals surface area contributed by atoms with Gasteiger partial charge in [-0.2, -0.15) is 5.10 Å². The Morgan fingerprint density at radius 2 is 1.94 bits per heavy atom. The molecule has 1 aromatic rings. The third-order valence-electron chi connectivity index (χ3n) is 2.69. The van der Waals surface area contributed by atoms with Crippen molar-refractivity contribution in [3.05, 3.63) is 17.0 Å². The summed E-state index contributed by atoms with van der Waals surface area (Å²) in [5.74, 6) is -0.0101. The molecule has 0 saturated heterocycles. The molecule has 0 aliphatic carbocycles. The largest absolute Gasteiger partial charge is 0.350 e. The van der Waals surface area contributed by atoms with E-state index < -0.39 is 0 Å². The zero-order valence-electron chi connectivity index (χ0n) is 12.2. The summed E-state index contributed by atoms with van der Waals surface area (Å²) < 4.78 is 1.77. The summed E-state index contributed by atoms with van der Waals surface area (Å²) in [6.07, 6.45) is 0. The van der Waals surface area contributed by atoms with E-state index in [1.807, 2.05) is 41.7 Å². The van der Waals surface area contributed by atoms with Crippen LogP contribution in [0.25, 0.3) is 0 Å². The van der Waals surface area contributed by atoms with Crippen LogP contribution in [-0.2, 0) is 17.9 Å². The Kier molecular flexibility index (Phi) is 4.51. The van der Waals surface area contributed by atoms with E-state index in [0.29, 0.717) is 0 Å². The van der Waals surface area contributed by atoms with Gasteiger partial charge >= 0.3 is 0 Å². The van der Waals surface area contributed by atoms with Gasteiger partial charge in [0, 0.05) is 23.3 Å². The highest BCUT2D eigenvalue weighted by Gasteiger charge is 2.17. The van der Waals surface area contributed by atoms with E-state index in [0.717, 1.165) is 17.9 Å². The summed E-state index contributed by atoms with van der Waals surface area (Å²) in [5.41, 5.74) is 2.98. The number of hydrogen-bond donors (Lipinski definition) is 2. The molecule has 102 valence electrons. The van der Waals surface area contributed by atoms with E-state index in [2.05, 4.69) is 15.7 Å². The molecule has 0 bridgehead atoms. The number of hydrogen-bond acceptors (Lipinski definition) is 3. The molecule has 0 aliphatic heterocycles. The van der Waals surface area contributed by atoms with Crippen molar-refractivity contribution in [2.75, 3.05) is 7.05 Å². The fraction of sp³-hybridized carbons (Fsp3) is 0.692. The van der Waals surface area contributed by atoms with Crippen LogP contribution in [0.15, 0.2) is 0 Å². The Morgan fingerprint density at radius 3 is 2.44 bits per heavy atom. The first kappa shape index (κ1) is 14.7. The molecule has 1 aromatic heterocycles. The Balaban J connectivity index is 2.80. The van der Waals surface area contributed by atoms with Gasteiger partial charge in [-0.15, -0.1) is 0 Å². The van der Waals surface area contributed by atoms with Crippen molar-refractivity contribution in [2.45, 2.75) is 53.2 Å². The molecule has 1 heterocycles. The Hall–Kier alpha value is -1.36. The summed E-state index contributed by atoms with van der Waals surface area (Å²) in [5, 5.41) is 10.5. The Labute approximate surface area is 109 Å². The maximum absolute atomic E-state index is 11.9. The third-order valence-corrected chi connectivity index (χ3v) is 2.69. The first-order valence-electron chi connectivity index (χ1n) is 6.23. The fourth-order valence-electron chi connectivity index (χ4n) is 1.91. The van der Waals surface area contributed by atoms with Gasteiger partial charge in [-0.1, -0.05) is 0 Å². The van der Waals surface area contributed by atoms with E-state index in [-0.39, 0.29) is 18.0 Å². The van der Waals surface area contributed by atoms with E-state index >= 15 is 0 Å². The standard InChI is InChI=1S/C13H24N4O/c1-9-11(7-14-6)10(2)17(16-9)8-12(18)15-13(3,4)5/h14H,7-8H2,1-6H3,(H,15,18). The highest BCUT2D eigenvalue weighted by Crippen LogP contribution is 2.12. The summed E-state index contributed by atoms with van der Waals surface area (Å²) in [4.78, 5) is 11.9. The molecule has 0 radical (unpaired) electrons. The lowest BCUT2D eigenvalue weighted by Crippen LogP contribution is -2.42. The van der Waals surface area contributed by atoms with Crippen molar-refractivity contribution in [3.8, 4) is 0 Å². The predicted molar refractivity (Wildman–Crippen MR) is 72.4 cm³/mol. The Morgan fingerprint density at radius 1 is 1.33 bits per heavy atom. The molecule has 1 amide bonds. The summed E-state index contributed by atoms with van der Waals surface area (Å²) in [6.45, 7) is 10.9. The molecule has 5 nitrogen and oxygen atoms in total. The maximum Gasteiger partial charge on any atom is 0.242 e. The number of amides is 1. The van der Waals surface area contributed by atoms with Gasteiger partial charge in [0.2, 0.25) is 5.91 Å². The second-order valence-electron chi connectivity index (χ2n) is 5.64. The van der Waals surface area contributed by atoms with Gasteiger partial charge in [0.1, 0.15) is 6.54 Å². The number of carbonyl (C=O) groups is 1. The van der Waals surface area contributed by atoms with Gasteiger partial charge < -0.3 is 10.6 Å². The number of aryl methyl sites for hydroxylation is 1. The molecule has 1 rings (SSSR count). The summed E-state index contributed by atoms with van der Waals surface area (Å²) >= 11 is 0. The quantitative estimate of drug-likeness (QED) is 0.844. The molecule has 0 saturated carbocycles. The molecule has 2 N–H and O–H groups in total. The van der Waals surface area contributed by atoms with Crippen LogP contribution in [0, 0.1) is 13.8 Å². The molecule has 0 unspecified atom stereocenters. The molecule has 0 aromatic carbocycles. The van der Waals surface area contributed by atoms with Crippen LogP contribution in [0.5, 0.6) is 0 Å². The second-order valence-corrected chi connectivity index (χ2v) is 5.64. The van der Waals surface area contributed by atoms with Crippen molar-refractivity contribution in [2.24, 2.45) is 0 Å². The normalized spacial score (nSPS) is 11.7. The van der Waals surface area contributed by atoms with Crippen molar-refractivity contribution in [1.82, 2.24) is 20.4 Å². The lowest BCUT2D eigenvalue weighted by atomic mass is 10.1. The Bertz CT molecular complexity index is 429. The molecule has 0 aliphatic rings. The molecule has 0 atom stereocenters. The minimum atomic E-state index is -0.207. The lowest BCUT2D eigenvalue weighted by Gasteiger charge is -2.20. The minimum absolute atomic E-state index is 0.0101. The highest BCUT2D eigenvalue weighted by molar-refractivity contribution is 5.76. The zero-order valence-corrected chi connectivity index (χ0v) is 12.2. The lowest BCUT2D eigenvalue weighted by molar-refractivity contribution is -0.123. The van der Waals surface area contributed by atoms with Gasteiger partial charge in [-0.05, 0) is 41.7 Å². The van der Waals surface area contributed by atoms with Crippen LogP contribution in [0.1, 0.15) is 37.7 Å². The van der Waals surface area contributed by atoms with Crippen LogP contribution in [-0.4, -0.2) is 28.3 Å². The van der Waals surface area contributed by atoms with Gasteiger partial charge in [-0.3, -0.25) is 9.48 Å². The molecular formula is C13H24N4O. The fourth-order valence-corrected chi connectivity index (χ4v) is 1.91. The van der Waals surface area contributed by atoms with E-state index in [1.165, 1.54) is 5.56 Å². The molecular weight excluding hydrogens is 228 g/mol. The maximum atomic E-state index is 11.9. The third kappa shape index (κ3) is 3.84. The number of aromatic nitrogens is 2. The number of nitrogens with zero attached hydrogens (tertiary/aromatic N) is 2. The topological polar surface area (TPSA) is 59.0 Å². The van der Waals surface area contributed by atoms with E-state index in [4.69, 9.17) is 0 Å². The van der Waals surface area contributed by atoms with Crippen LogP contribution in [0.4, 0.5) is 0 Å². The molecule has 5 heteroatoms. The van der Waals surface area contributed by atoms with Gasteiger partial charge in [0.05, 0.1) is 5.69 Å². The summed E-state index contributed by atoms with van der Waals surface area (Å²) in [6, 6.07) is 0. The average Bonchev–Trinajstić information content (AvgIpc) is 2.43. The van der Waals surface area contributed by atoms with Crippen molar-refractivity contribution in [3.63, 3.8) is 0 Å². The zero-order chi connectivity index (χ0) is 13.9. The highest BCUT2D eigenvalue weighted by atomic mass is 16.2. The van der Waals surface area contributed by atoms with Gasteiger partial charge in [0.15, 0.2) is 0 Å². The predicted octanol–water partition coefficient (Wildman–Crippen LogP) is 1.13. The first-order chi connectivity index (χ1) is 8.24. The van der Waals surface area contributed by atoms with Crippen LogP contribution in [0.2, 0.25) is 0 Å². The van der Waals surface area contributed by atoms with Crippen molar-refractivity contribution < 1.29 is 4.79 Å².